The van der Waals surface area contributed by atoms with Gasteiger partial charge in [0.25, 0.3) is 0 Å². The number of hydrogen-bond donors (Lipinski definition) is 2. The van der Waals surface area contributed by atoms with Crippen LogP contribution in [0, 0.1) is 5.41 Å². The minimum atomic E-state index is -0.538. The minimum absolute atomic E-state index is 0.0162. The van der Waals surface area contributed by atoms with Gasteiger partial charge in [-0.1, -0.05) is 0 Å². The van der Waals surface area contributed by atoms with Crippen molar-refractivity contribution in [2.45, 2.75) is 45.6 Å². The van der Waals surface area contributed by atoms with Crippen molar-refractivity contribution in [3.8, 4) is 0 Å². The molecular formula is C17H23N3O3. The van der Waals surface area contributed by atoms with Gasteiger partial charge in [0.05, 0.1) is 6.42 Å². The number of esters is 1. The fraction of sp³-hybridized carbons (Fsp3) is 0.471. The topological polar surface area (TPSA) is 96.5 Å². The third-order valence-electron chi connectivity index (χ3n) is 3.55. The van der Waals surface area contributed by atoms with Crippen LogP contribution < -0.4 is 10.6 Å². The molecular weight excluding hydrogens is 294 g/mol. The van der Waals surface area contributed by atoms with Gasteiger partial charge in [-0.25, -0.2) is 0 Å². The van der Waals surface area contributed by atoms with Crippen LogP contribution in [0.2, 0.25) is 0 Å². The van der Waals surface area contributed by atoms with Gasteiger partial charge in [-0.05, 0) is 51.0 Å². The number of carbonyl (C=O) groups excluding carboxylic acids is 2. The number of nitrogens with two attached hydrogens (primary N) is 1. The molecule has 0 fully saturated rings. The summed E-state index contributed by atoms with van der Waals surface area (Å²) in [6.45, 7) is 5.99. The molecule has 0 aromatic heterocycles. The molecule has 0 unspecified atom stereocenters. The average Bonchev–Trinajstić information content (AvgIpc) is 2.85. The number of rotatable bonds is 4. The van der Waals surface area contributed by atoms with Gasteiger partial charge in [-0.15, -0.1) is 0 Å². The Balaban J connectivity index is 1.98. The van der Waals surface area contributed by atoms with E-state index in [0.717, 1.165) is 17.7 Å². The van der Waals surface area contributed by atoms with Crippen molar-refractivity contribution in [1.82, 2.24) is 0 Å². The Morgan fingerprint density at radius 1 is 1.30 bits per heavy atom. The molecule has 0 radical (unpaired) electrons. The second kappa shape index (κ2) is 6.40. The first-order chi connectivity index (χ1) is 10.7. The summed E-state index contributed by atoms with van der Waals surface area (Å²) in [5.74, 6) is -0.440. The van der Waals surface area contributed by atoms with Gasteiger partial charge in [0.2, 0.25) is 5.91 Å². The van der Waals surface area contributed by atoms with Gasteiger partial charge >= 0.3 is 5.97 Å². The minimum Gasteiger partial charge on any atom is -0.460 e. The second-order valence-electron chi connectivity index (χ2n) is 6.64. The maximum absolute atomic E-state index is 12.3. The molecule has 23 heavy (non-hydrogen) atoms. The van der Waals surface area contributed by atoms with Crippen molar-refractivity contribution in [2.75, 3.05) is 11.4 Å². The third-order valence-corrected chi connectivity index (χ3v) is 3.55. The second-order valence-corrected chi connectivity index (χ2v) is 6.64. The largest absolute Gasteiger partial charge is 0.460 e. The van der Waals surface area contributed by atoms with Crippen LogP contribution in [0.4, 0.5) is 5.69 Å². The molecule has 1 amide bonds. The number of benzene rings is 1. The standard InChI is InChI=1S/C17H23N3O3/c1-17(2,3)23-15(22)7-6-14(21)20-9-8-11-10-12(16(18)19)4-5-13(11)20/h4-5,10H,6-9H2,1-3H3,(H3,18,19). The Hall–Kier alpha value is -2.37. The number of nitrogen functional groups attached to an aromatic ring is 1. The maximum atomic E-state index is 12.3. The number of amides is 1. The molecule has 1 aliphatic rings. The van der Waals surface area contributed by atoms with Gasteiger partial charge in [0.15, 0.2) is 0 Å². The van der Waals surface area contributed by atoms with E-state index < -0.39 is 5.60 Å². The lowest BCUT2D eigenvalue weighted by Gasteiger charge is -2.20. The van der Waals surface area contributed by atoms with E-state index >= 15 is 0 Å². The lowest BCUT2D eigenvalue weighted by molar-refractivity contribution is -0.155. The number of ether oxygens (including phenoxy) is 1. The maximum Gasteiger partial charge on any atom is 0.306 e. The van der Waals surface area contributed by atoms with Crippen molar-refractivity contribution < 1.29 is 14.3 Å². The van der Waals surface area contributed by atoms with Gasteiger partial charge in [0, 0.05) is 24.2 Å². The van der Waals surface area contributed by atoms with Gasteiger partial charge in [0.1, 0.15) is 11.4 Å². The van der Waals surface area contributed by atoms with Crippen LogP contribution in [-0.2, 0) is 20.7 Å². The zero-order valence-corrected chi connectivity index (χ0v) is 13.8. The van der Waals surface area contributed by atoms with Crippen LogP contribution in [0.25, 0.3) is 0 Å². The van der Waals surface area contributed by atoms with E-state index in [1.165, 1.54) is 0 Å². The van der Waals surface area contributed by atoms with Crippen LogP contribution in [0.1, 0.15) is 44.7 Å². The summed E-state index contributed by atoms with van der Waals surface area (Å²) in [5.41, 5.74) is 7.45. The molecule has 0 spiro atoms. The summed E-state index contributed by atoms with van der Waals surface area (Å²) in [4.78, 5) is 25.7. The summed E-state index contributed by atoms with van der Waals surface area (Å²) in [6.07, 6.45) is 0.935. The first kappa shape index (κ1) is 17.0. The zero-order chi connectivity index (χ0) is 17.2. The predicted molar refractivity (Wildman–Crippen MR) is 88.6 cm³/mol. The summed E-state index contributed by atoms with van der Waals surface area (Å²) in [5, 5.41) is 7.46. The van der Waals surface area contributed by atoms with Crippen molar-refractivity contribution in [3.63, 3.8) is 0 Å². The predicted octanol–water partition coefficient (Wildman–Crippen LogP) is 1.98. The van der Waals surface area contributed by atoms with Gasteiger partial charge in [-0.3, -0.25) is 15.0 Å². The fourth-order valence-electron chi connectivity index (χ4n) is 2.56. The van der Waals surface area contributed by atoms with E-state index in [2.05, 4.69) is 0 Å². The number of carbonyl (C=O) groups is 2. The van der Waals surface area contributed by atoms with Crippen LogP contribution >= 0.6 is 0 Å². The molecule has 0 atom stereocenters. The highest BCUT2D eigenvalue weighted by Crippen LogP contribution is 2.29. The van der Waals surface area contributed by atoms with E-state index in [-0.39, 0.29) is 30.6 Å². The number of fused-ring (bicyclic) bond motifs is 1. The fourth-order valence-corrected chi connectivity index (χ4v) is 2.56. The van der Waals surface area contributed by atoms with Crippen molar-refractivity contribution in [1.29, 1.82) is 5.41 Å². The molecule has 0 saturated carbocycles. The third kappa shape index (κ3) is 4.31. The van der Waals surface area contributed by atoms with Crippen molar-refractivity contribution >= 4 is 23.4 Å². The number of anilines is 1. The van der Waals surface area contributed by atoms with Gasteiger partial charge < -0.3 is 15.4 Å². The molecule has 6 nitrogen and oxygen atoms in total. The summed E-state index contributed by atoms with van der Waals surface area (Å²) in [7, 11) is 0. The molecule has 0 saturated heterocycles. The van der Waals surface area contributed by atoms with Crippen LogP contribution in [-0.4, -0.2) is 29.9 Å². The molecule has 6 heteroatoms. The Morgan fingerprint density at radius 2 is 2.00 bits per heavy atom. The number of nitrogens with zero attached hydrogens (tertiary/aromatic N) is 1. The summed E-state index contributed by atoms with van der Waals surface area (Å²) >= 11 is 0. The van der Waals surface area contributed by atoms with Crippen molar-refractivity contribution in [2.24, 2.45) is 5.73 Å². The first-order valence-corrected chi connectivity index (χ1v) is 7.67. The monoisotopic (exact) mass is 317 g/mol. The highest BCUT2D eigenvalue weighted by molar-refractivity contribution is 5.99. The SMILES string of the molecule is CC(C)(C)OC(=O)CCC(=O)N1CCc2cc(C(=N)N)ccc21. The van der Waals surface area contributed by atoms with E-state index in [0.29, 0.717) is 12.1 Å². The Kier molecular flexibility index (Phi) is 4.73. The normalized spacial score (nSPS) is 13.6. The number of amidine groups is 1. The lowest BCUT2D eigenvalue weighted by atomic mass is 10.1. The lowest BCUT2D eigenvalue weighted by Crippen LogP contribution is -2.30. The zero-order valence-electron chi connectivity index (χ0n) is 13.8. The molecule has 0 bridgehead atoms. The van der Waals surface area contributed by atoms with E-state index in [4.69, 9.17) is 15.9 Å². The molecule has 1 aromatic rings. The molecule has 1 aliphatic heterocycles. The van der Waals surface area contributed by atoms with E-state index in [1.54, 1.807) is 31.7 Å². The van der Waals surface area contributed by atoms with Crippen LogP contribution in [0.3, 0.4) is 0 Å². The molecule has 1 heterocycles. The Bertz CT molecular complexity index is 647. The van der Waals surface area contributed by atoms with Gasteiger partial charge in [-0.2, -0.15) is 0 Å². The summed E-state index contributed by atoms with van der Waals surface area (Å²) in [6, 6.07) is 5.39. The number of hydrogen-bond acceptors (Lipinski definition) is 4. The Morgan fingerprint density at radius 3 is 2.61 bits per heavy atom. The Labute approximate surface area is 136 Å². The van der Waals surface area contributed by atoms with Crippen LogP contribution in [0.15, 0.2) is 18.2 Å². The van der Waals surface area contributed by atoms with Crippen LogP contribution in [0.5, 0.6) is 0 Å². The highest BCUT2D eigenvalue weighted by Gasteiger charge is 2.26. The quantitative estimate of drug-likeness (QED) is 0.504. The number of nitrogens with one attached hydrogen (secondary N) is 1. The summed E-state index contributed by atoms with van der Waals surface area (Å²) < 4.78 is 5.22. The van der Waals surface area contributed by atoms with E-state index in [1.807, 2.05) is 12.1 Å². The molecule has 1 aromatic carbocycles. The molecule has 3 N–H and O–H groups in total. The smallest absolute Gasteiger partial charge is 0.306 e. The van der Waals surface area contributed by atoms with Crippen molar-refractivity contribution in [3.05, 3.63) is 29.3 Å². The first-order valence-electron chi connectivity index (χ1n) is 7.67. The average molecular weight is 317 g/mol. The van der Waals surface area contributed by atoms with E-state index in [9.17, 15) is 9.59 Å². The molecule has 0 aliphatic carbocycles. The highest BCUT2D eigenvalue weighted by atomic mass is 16.6. The molecule has 124 valence electrons. The molecule has 2 rings (SSSR count).